The molecule has 2 amide bonds. The Balaban J connectivity index is 0. The lowest BCUT2D eigenvalue weighted by molar-refractivity contribution is -0.145. The number of methoxy groups -OCH3 is 2. The van der Waals surface area contributed by atoms with Crippen LogP contribution in [0.15, 0.2) is 12.7 Å². The maximum atomic E-state index is 11.0. The van der Waals surface area contributed by atoms with E-state index in [0.29, 0.717) is 12.8 Å². The molecule has 0 heterocycles. The van der Waals surface area contributed by atoms with E-state index in [-0.39, 0.29) is 17.8 Å². The summed E-state index contributed by atoms with van der Waals surface area (Å²) in [7, 11) is 2.59. The van der Waals surface area contributed by atoms with Crippen molar-refractivity contribution in [3.8, 4) is 0 Å². The Bertz CT molecular complexity index is 436. The molecule has 0 saturated carbocycles. The summed E-state index contributed by atoms with van der Waals surface area (Å²) in [6.07, 6.45) is 3.38. The smallest absolute Gasteiger partial charge is 0.328 e. The number of carbonyl (C=O) groups is 4. The highest BCUT2D eigenvalue weighted by atomic mass is 16.5. The van der Waals surface area contributed by atoms with Gasteiger partial charge < -0.3 is 20.1 Å². The minimum Gasteiger partial charge on any atom is -0.467 e. The van der Waals surface area contributed by atoms with Crippen LogP contribution in [0.25, 0.3) is 0 Å². The average Bonchev–Trinajstić information content (AvgIpc) is 2.52. The summed E-state index contributed by atoms with van der Waals surface area (Å²) in [6, 6.07) is -1.09. The highest BCUT2D eigenvalue weighted by molar-refractivity contribution is 5.83. The van der Waals surface area contributed by atoms with Crippen molar-refractivity contribution in [3.05, 3.63) is 12.7 Å². The van der Waals surface area contributed by atoms with Gasteiger partial charge in [0, 0.05) is 13.8 Å². The van der Waals surface area contributed by atoms with Crippen LogP contribution in [0.3, 0.4) is 0 Å². The zero-order chi connectivity index (χ0) is 19.1. The lowest BCUT2D eigenvalue weighted by Crippen LogP contribution is -2.40. The monoisotopic (exact) mass is 344 g/mol. The van der Waals surface area contributed by atoms with E-state index >= 15 is 0 Å². The molecule has 0 saturated heterocycles. The van der Waals surface area contributed by atoms with Crippen LogP contribution >= 0.6 is 0 Å². The Morgan fingerprint density at radius 3 is 1.71 bits per heavy atom. The lowest BCUT2D eigenvalue weighted by Gasteiger charge is -2.13. The van der Waals surface area contributed by atoms with E-state index in [1.807, 2.05) is 6.92 Å². The first-order valence-electron chi connectivity index (χ1n) is 7.54. The second-order valence-corrected chi connectivity index (χ2v) is 4.87. The first kappa shape index (κ1) is 23.9. The third kappa shape index (κ3) is 12.2. The van der Waals surface area contributed by atoms with Crippen molar-refractivity contribution in [2.45, 2.75) is 52.1 Å². The number of nitrogens with one attached hydrogen (secondary N) is 2. The van der Waals surface area contributed by atoms with Crippen LogP contribution in [0, 0.1) is 0 Å². The molecule has 0 bridgehead atoms. The molecule has 2 N–H and O–H groups in total. The van der Waals surface area contributed by atoms with E-state index in [1.54, 1.807) is 6.08 Å². The topological polar surface area (TPSA) is 111 Å². The van der Waals surface area contributed by atoms with Gasteiger partial charge in [-0.15, -0.1) is 6.58 Å². The average molecular weight is 344 g/mol. The molecule has 0 aliphatic heterocycles. The van der Waals surface area contributed by atoms with Crippen molar-refractivity contribution in [2.24, 2.45) is 0 Å². The van der Waals surface area contributed by atoms with Crippen LogP contribution < -0.4 is 10.6 Å². The quantitative estimate of drug-likeness (QED) is 0.495. The number of amides is 2. The molecule has 0 aromatic heterocycles. The lowest BCUT2D eigenvalue weighted by atomic mass is 10.2. The summed E-state index contributed by atoms with van der Waals surface area (Å²) in [6.45, 7) is 8.13. The predicted molar refractivity (Wildman–Crippen MR) is 89.0 cm³/mol. The van der Waals surface area contributed by atoms with Gasteiger partial charge in [-0.3, -0.25) is 9.59 Å². The van der Waals surface area contributed by atoms with E-state index in [2.05, 4.69) is 26.7 Å². The number of ether oxygens (including phenoxy) is 2. The van der Waals surface area contributed by atoms with E-state index in [4.69, 9.17) is 0 Å². The number of hydrogen-bond donors (Lipinski definition) is 2. The van der Waals surface area contributed by atoms with Crippen molar-refractivity contribution in [1.29, 1.82) is 0 Å². The van der Waals surface area contributed by atoms with Gasteiger partial charge in [-0.2, -0.15) is 0 Å². The summed E-state index contributed by atoms with van der Waals surface area (Å²) >= 11 is 0. The summed E-state index contributed by atoms with van der Waals surface area (Å²) in [5, 5.41) is 4.96. The largest absolute Gasteiger partial charge is 0.467 e. The second kappa shape index (κ2) is 14.2. The normalized spacial score (nSPS) is 11.7. The molecule has 0 aliphatic rings. The van der Waals surface area contributed by atoms with Crippen LogP contribution in [0.1, 0.15) is 40.0 Å². The third-order valence-electron chi connectivity index (χ3n) is 2.71. The minimum atomic E-state index is -0.606. The molecule has 0 spiro atoms. The van der Waals surface area contributed by atoms with Gasteiger partial charge in [0.05, 0.1) is 14.2 Å². The highest BCUT2D eigenvalue weighted by Crippen LogP contribution is 1.98. The number of rotatable bonds is 8. The maximum Gasteiger partial charge on any atom is 0.328 e. The summed E-state index contributed by atoms with van der Waals surface area (Å²) in [5.74, 6) is -1.30. The third-order valence-corrected chi connectivity index (χ3v) is 2.71. The fraction of sp³-hybridized carbons (Fsp3) is 0.625. The first-order chi connectivity index (χ1) is 11.2. The van der Waals surface area contributed by atoms with Gasteiger partial charge in [-0.1, -0.05) is 19.4 Å². The predicted octanol–water partition coefficient (Wildman–Crippen LogP) is 0.704. The highest BCUT2D eigenvalue weighted by Gasteiger charge is 2.18. The van der Waals surface area contributed by atoms with Crippen molar-refractivity contribution in [3.63, 3.8) is 0 Å². The Morgan fingerprint density at radius 2 is 1.38 bits per heavy atom. The molecule has 138 valence electrons. The molecule has 0 radical (unpaired) electrons. The van der Waals surface area contributed by atoms with Crippen molar-refractivity contribution < 1.29 is 28.7 Å². The molecule has 0 aromatic rings. The molecule has 0 aliphatic carbocycles. The van der Waals surface area contributed by atoms with E-state index in [1.165, 1.54) is 28.1 Å². The summed E-state index contributed by atoms with van der Waals surface area (Å²) in [4.78, 5) is 43.2. The molecule has 2 atom stereocenters. The van der Waals surface area contributed by atoms with E-state index in [9.17, 15) is 19.2 Å². The van der Waals surface area contributed by atoms with Crippen LogP contribution in [0.4, 0.5) is 0 Å². The van der Waals surface area contributed by atoms with Crippen LogP contribution in [-0.2, 0) is 28.7 Å². The van der Waals surface area contributed by atoms with Crippen LogP contribution in [0.2, 0.25) is 0 Å². The van der Waals surface area contributed by atoms with E-state index < -0.39 is 18.1 Å². The molecule has 8 heteroatoms. The fourth-order valence-electron chi connectivity index (χ4n) is 1.69. The standard InChI is InChI=1S/C8H15NO3.C8H13NO3/c2*1-4-5-7(8(11)12-3)9-6(2)10/h7H,4-5H2,1-3H3,(H,9,10);4,7H,1,5H2,2-3H3,(H,9,10)/t2*7-/m11/s1. The van der Waals surface area contributed by atoms with Crippen molar-refractivity contribution in [2.75, 3.05) is 14.2 Å². The zero-order valence-corrected chi connectivity index (χ0v) is 15.0. The molecule has 0 fully saturated rings. The van der Waals surface area contributed by atoms with E-state index in [0.717, 1.165) is 6.42 Å². The van der Waals surface area contributed by atoms with Gasteiger partial charge in [-0.25, -0.2) is 9.59 Å². The molecule has 0 rings (SSSR count). The van der Waals surface area contributed by atoms with Gasteiger partial charge in [0.2, 0.25) is 11.8 Å². The van der Waals surface area contributed by atoms with Gasteiger partial charge >= 0.3 is 11.9 Å². The van der Waals surface area contributed by atoms with Gasteiger partial charge in [0.15, 0.2) is 0 Å². The van der Waals surface area contributed by atoms with Gasteiger partial charge in [0.1, 0.15) is 12.1 Å². The molecule has 0 unspecified atom stereocenters. The molecule has 8 nitrogen and oxygen atoms in total. The zero-order valence-electron chi connectivity index (χ0n) is 15.0. The minimum absolute atomic E-state index is 0.209. The fourth-order valence-corrected chi connectivity index (χ4v) is 1.69. The Hall–Kier alpha value is -2.38. The number of carbonyl (C=O) groups excluding carboxylic acids is 4. The molecule has 0 aromatic carbocycles. The summed E-state index contributed by atoms with van der Waals surface area (Å²) in [5.41, 5.74) is 0. The number of hydrogen-bond acceptors (Lipinski definition) is 6. The first-order valence-corrected chi connectivity index (χ1v) is 7.54. The van der Waals surface area contributed by atoms with Crippen LogP contribution in [-0.4, -0.2) is 50.1 Å². The molecular formula is C16H28N2O6. The van der Waals surface area contributed by atoms with Crippen molar-refractivity contribution in [1.82, 2.24) is 10.6 Å². The van der Waals surface area contributed by atoms with Gasteiger partial charge in [-0.05, 0) is 12.8 Å². The summed E-state index contributed by atoms with van der Waals surface area (Å²) < 4.78 is 8.98. The Labute approximate surface area is 143 Å². The Morgan fingerprint density at radius 1 is 0.958 bits per heavy atom. The Kier molecular flexibility index (Phi) is 14.2. The maximum absolute atomic E-state index is 11.0. The van der Waals surface area contributed by atoms with Crippen molar-refractivity contribution >= 4 is 23.8 Å². The second-order valence-electron chi connectivity index (χ2n) is 4.87. The SMILES string of the molecule is C=CC[C@@H](NC(C)=O)C(=O)OC.CCC[C@@H](NC(C)=O)C(=O)OC. The van der Waals surface area contributed by atoms with Gasteiger partial charge in [0.25, 0.3) is 0 Å². The molecule has 24 heavy (non-hydrogen) atoms. The molecular weight excluding hydrogens is 316 g/mol. The van der Waals surface area contributed by atoms with Crippen LogP contribution in [0.5, 0.6) is 0 Å². The number of esters is 2.